The average molecular weight is 410 g/mol. The summed E-state index contributed by atoms with van der Waals surface area (Å²) in [4.78, 5) is 35.2. The second-order valence-electron chi connectivity index (χ2n) is 8.61. The Morgan fingerprint density at radius 2 is 1.79 bits per heavy atom. The van der Waals surface area contributed by atoms with Gasteiger partial charge in [0.1, 0.15) is 0 Å². The van der Waals surface area contributed by atoms with E-state index in [1.54, 1.807) is 0 Å². The van der Waals surface area contributed by atoms with Crippen LogP contribution < -0.4 is 0 Å². The number of hydrogen-bond donors (Lipinski definition) is 0. The maximum absolute atomic E-state index is 13.5. The lowest BCUT2D eigenvalue weighted by Crippen LogP contribution is -2.67. The molecular formula is C23H27N3O2S. The normalized spacial score (nSPS) is 24.6. The van der Waals surface area contributed by atoms with Crippen LogP contribution in [0.25, 0.3) is 0 Å². The molecule has 29 heavy (non-hydrogen) atoms. The molecule has 3 aliphatic rings. The van der Waals surface area contributed by atoms with Crippen LogP contribution in [-0.2, 0) is 4.79 Å². The molecule has 2 aromatic heterocycles. The van der Waals surface area contributed by atoms with E-state index in [2.05, 4.69) is 22.0 Å². The number of pyridine rings is 1. The van der Waals surface area contributed by atoms with Crippen LogP contribution in [0.1, 0.15) is 66.2 Å². The first-order chi connectivity index (χ1) is 14.2. The number of aromatic nitrogens is 1. The van der Waals surface area contributed by atoms with Crippen molar-refractivity contribution in [2.75, 3.05) is 13.1 Å². The number of amides is 2. The fourth-order valence-corrected chi connectivity index (χ4v) is 6.36. The minimum absolute atomic E-state index is 0.128. The maximum atomic E-state index is 13.5. The number of rotatable bonds is 3. The highest BCUT2D eigenvalue weighted by Gasteiger charge is 2.62. The molecule has 1 unspecified atom stereocenters. The molecule has 5 rings (SSSR count). The lowest BCUT2D eigenvalue weighted by atomic mass is 9.59. The monoisotopic (exact) mass is 409 g/mol. The number of β-lactam (4-membered cyclic amide) rings is 1. The van der Waals surface area contributed by atoms with E-state index in [9.17, 15) is 9.59 Å². The Balaban J connectivity index is 1.34. The first kappa shape index (κ1) is 18.8. The fourth-order valence-electron chi connectivity index (χ4n) is 5.67. The molecule has 0 bridgehead atoms. The van der Waals surface area contributed by atoms with Crippen molar-refractivity contribution in [1.82, 2.24) is 14.8 Å². The van der Waals surface area contributed by atoms with Gasteiger partial charge in [0.05, 0.1) is 16.3 Å². The minimum atomic E-state index is -0.205. The molecule has 2 saturated heterocycles. The molecule has 3 fully saturated rings. The van der Waals surface area contributed by atoms with Gasteiger partial charge in [0.25, 0.3) is 5.91 Å². The van der Waals surface area contributed by atoms with E-state index in [0.717, 1.165) is 56.5 Å². The molecule has 4 heterocycles. The summed E-state index contributed by atoms with van der Waals surface area (Å²) in [5.41, 5.74) is 1.02. The van der Waals surface area contributed by atoms with Gasteiger partial charge in [-0.1, -0.05) is 25.3 Å². The molecule has 2 amide bonds. The number of carbonyl (C=O) groups excluding carboxylic acids is 2. The number of carbonyl (C=O) groups is 2. The molecule has 152 valence electrons. The van der Waals surface area contributed by atoms with Crippen molar-refractivity contribution >= 4 is 23.2 Å². The summed E-state index contributed by atoms with van der Waals surface area (Å²) in [6.07, 6.45) is 11.0. The number of nitrogens with zero attached hydrogens (tertiary/aromatic N) is 3. The second kappa shape index (κ2) is 7.56. The smallest absolute Gasteiger partial charge is 0.263 e. The third kappa shape index (κ3) is 3.08. The van der Waals surface area contributed by atoms with Gasteiger partial charge in [-0.2, -0.15) is 0 Å². The minimum Gasteiger partial charge on any atom is -0.338 e. The molecular weight excluding hydrogens is 382 g/mol. The summed E-state index contributed by atoms with van der Waals surface area (Å²) >= 11 is 1.50. The van der Waals surface area contributed by atoms with Crippen LogP contribution in [0, 0.1) is 5.41 Å². The standard InChI is InChI=1S/C23H27N3O2S/c27-21(19-5-4-16-29-19)25-14-8-18(9-15-25)26-20(17-6-12-24-13-7-17)23(22(26)28)10-2-1-3-11-23/h4-7,12-13,16,18,20H,1-3,8-11,14-15H2. The van der Waals surface area contributed by atoms with Crippen LogP contribution in [0.3, 0.4) is 0 Å². The van der Waals surface area contributed by atoms with E-state index < -0.39 is 0 Å². The third-order valence-electron chi connectivity index (χ3n) is 7.11. The first-order valence-electron chi connectivity index (χ1n) is 10.8. The lowest BCUT2D eigenvalue weighted by Gasteiger charge is -2.61. The van der Waals surface area contributed by atoms with Gasteiger partial charge in [0.15, 0.2) is 0 Å². The van der Waals surface area contributed by atoms with E-state index in [1.807, 2.05) is 34.8 Å². The number of hydrogen-bond acceptors (Lipinski definition) is 4. The molecule has 5 nitrogen and oxygen atoms in total. The summed E-state index contributed by atoms with van der Waals surface area (Å²) in [6.45, 7) is 1.45. The predicted molar refractivity (Wildman–Crippen MR) is 113 cm³/mol. The van der Waals surface area contributed by atoms with Gasteiger partial charge in [-0.25, -0.2) is 0 Å². The van der Waals surface area contributed by atoms with Gasteiger partial charge in [-0.3, -0.25) is 14.6 Å². The highest BCUT2D eigenvalue weighted by atomic mass is 32.1. The molecule has 0 aromatic carbocycles. The SMILES string of the molecule is O=C(c1cccs1)N1CCC(N2C(=O)C3(CCCCC3)C2c2ccncc2)CC1. The molecule has 0 radical (unpaired) electrons. The highest BCUT2D eigenvalue weighted by Crippen LogP contribution is 2.59. The van der Waals surface area contributed by atoms with E-state index in [0.29, 0.717) is 5.91 Å². The summed E-state index contributed by atoms with van der Waals surface area (Å²) in [6, 6.07) is 8.37. The Morgan fingerprint density at radius 3 is 2.45 bits per heavy atom. The highest BCUT2D eigenvalue weighted by molar-refractivity contribution is 7.12. The van der Waals surface area contributed by atoms with Crippen molar-refractivity contribution < 1.29 is 9.59 Å². The van der Waals surface area contributed by atoms with E-state index >= 15 is 0 Å². The van der Waals surface area contributed by atoms with Crippen LogP contribution in [0.15, 0.2) is 42.0 Å². The fraction of sp³-hybridized carbons (Fsp3) is 0.522. The molecule has 2 aromatic rings. The Labute approximate surface area is 175 Å². The Bertz CT molecular complexity index is 869. The number of thiophene rings is 1. The van der Waals surface area contributed by atoms with Crippen LogP contribution in [0.2, 0.25) is 0 Å². The summed E-state index contributed by atoms with van der Waals surface area (Å²) in [7, 11) is 0. The zero-order valence-electron chi connectivity index (χ0n) is 16.6. The van der Waals surface area contributed by atoms with E-state index in [4.69, 9.17) is 0 Å². The van der Waals surface area contributed by atoms with Crippen molar-refractivity contribution in [3.05, 3.63) is 52.5 Å². The Hall–Kier alpha value is -2.21. The lowest BCUT2D eigenvalue weighted by molar-refractivity contribution is -0.186. The van der Waals surface area contributed by atoms with Crippen LogP contribution in [0.5, 0.6) is 0 Å². The second-order valence-corrected chi connectivity index (χ2v) is 9.56. The molecule has 6 heteroatoms. The zero-order valence-corrected chi connectivity index (χ0v) is 17.4. The summed E-state index contributed by atoms with van der Waals surface area (Å²) in [5, 5.41) is 1.95. The third-order valence-corrected chi connectivity index (χ3v) is 7.96. The van der Waals surface area contributed by atoms with Crippen molar-refractivity contribution in [3.63, 3.8) is 0 Å². The Morgan fingerprint density at radius 1 is 1.07 bits per heavy atom. The maximum Gasteiger partial charge on any atom is 0.263 e. The van der Waals surface area contributed by atoms with Crippen LogP contribution >= 0.6 is 11.3 Å². The van der Waals surface area contributed by atoms with E-state index in [-0.39, 0.29) is 23.4 Å². The van der Waals surface area contributed by atoms with Gasteiger partial charge in [-0.05, 0) is 54.8 Å². The Kier molecular flexibility index (Phi) is 4.90. The van der Waals surface area contributed by atoms with Gasteiger partial charge >= 0.3 is 0 Å². The molecule has 1 atom stereocenters. The van der Waals surface area contributed by atoms with Gasteiger partial charge in [0.2, 0.25) is 5.91 Å². The molecule has 2 aliphatic heterocycles. The predicted octanol–water partition coefficient (Wildman–Crippen LogP) is 4.28. The van der Waals surface area contributed by atoms with Crippen LogP contribution in [0.4, 0.5) is 0 Å². The zero-order chi connectivity index (χ0) is 19.8. The number of likely N-dealkylation sites (tertiary alicyclic amines) is 2. The van der Waals surface area contributed by atoms with E-state index in [1.165, 1.54) is 23.3 Å². The molecule has 0 N–H and O–H groups in total. The van der Waals surface area contributed by atoms with Crippen molar-refractivity contribution in [2.24, 2.45) is 5.41 Å². The van der Waals surface area contributed by atoms with Crippen molar-refractivity contribution in [1.29, 1.82) is 0 Å². The van der Waals surface area contributed by atoms with Crippen molar-refractivity contribution in [3.8, 4) is 0 Å². The topological polar surface area (TPSA) is 53.5 Å². The quantitative estimate of drug-likeness (QED) is 0.711. The van der Waals surface area contributed by atoms with Crippen molar-refractivity contribution in [2.45, 2.75) is 57.0 Å². The van der Waals surface area contributed by atoms with Gasteiger partial charge in [0, 0.05) is 31.5 Å². The van der Waals surface area contributed by atoms with Crippen LogP contribution in [-0.4, -0.2) is 45.7 Å². The average Bonchev–Trinajstić information content (AvgIpc) is 3.33. The number of piperidine rings is 1. The largest absolute Gasteiger partial charge is 0.338 e. The summed E-state index contributed by atoms with van der Waals surface area (Å²) < 4.78 is 0. The molecule has 1 spiro atoms. The molecule has 1 aliphatic carbocycles. The molecule has 1 saturated carbocycles. The van der Waals surface area contributed by atoms with Gasteiger partial charge in [-0.15, -0.1) is 11.3 Å². The van der Waals surface area contributed by atoms with Gasteiger partial charge < -0.3 is 9.80 Å². The summed E-state index contributed by atoms with van der Waals surface area (Å²) in [5.74, 6) is 0.477. The first-order valence-corrected chi connectivity index (χ1v) is 11.6.